The van der Waals surface area contributed by atoms with Gasteiger partial charge >= 0.3 is 0 Å². The zero-order valence-electron chi connectivity index (χ0n) is 12.3. The van der Waals surface area contributed by atoms with Gasteiger partial charge in [-0.3, -0.25) is 0 Å². The Morgan fingerprint density at radius 2 is 1.89 bits per heavy atom. The molecule has 0 bridgehead atoms. The molecule has 0 saturated heterocycles. The molecule has 1 N–H and O–H groups in total. The zero-order valence-corrected chi connectivity index (χ0v) is 13.9. The molecule has 0 saturated carbocycles. The van der Waals surface area contributed by atoms with Crippen molar-refractivity contribution in [1.82, 2.24) is 5.32 Å². The number of hydrogen-bond acceptors (Lipinski definition) is 2. The molecule has 2 nitrogen and oxygen atoms in total. The fourth-order valence-corrected chi connectivity index (χ4v) is 2.00. The highest BCUT2D eigenvalue weighted by Crippen LogP contribution is 2.26. The molecule has 0 amide bonds. The monoisotopic (exact) mass is 312 g/mol. The zero-order chi connectivity index (χ0) is 13.9. The maximum atomic E-state index is 3.56. The van der Waals surface area contributed by atoms with E-state index in [-0.39, 0.29) is 5.54 Å². The lowest BCUT2D eigenvalue weighted by atomic mass is 10.1. The van der Waals surface area contributed by atoms with E-state index in [0.29, 0.717) is 6.04 Å². The SMILES string of the molecule is CC(C)N(C)c1cc(Br)ccc1CNC(C)(C)C. The molecule has 0 spiro atoms. The highest BCUT2D eigenvalue weighted by Gasteiger charge is 2.14. The third-order valence-corrected chi connectivity index (χ3v) is 3.50. The predicted octanol–water partition coefficient (Wildman–Crippen LogP) is 4.18. The van der Waals surface area contributed by atoms with Crippen LogP contribution in [0.5, 0.6) is 0 Å². The average molecular weight is 313 g/mol. The van der Waals surface area contributed by atoms with E-state index in [9.17, 15) is 0 Å². The van der Waals surface area contributed by atoms with Crippen LogP contribution in [0.1, 0.15) is 40.2 Å². The van der Waals surface area contributed by atoms with Gasteiger partial charge in [0.25, 0.3) is 0 Å². The van der Waals surface area contributed by atoms with Gasteiger partial charge in [0.15, 0.2) is 0 Å². The lowest BCUT2D eigenvalue weighted by Gasteiger charge is -2.28. The molecule has 0 unspecified atom stereocenters. The van der Waals surface area contributed by atoms with Gasteiger partial charge in [0.1, 0.15) is 0 Å². The van der Waals surface area contributed by atoms with Crippen molar-refractivity contribution in [2.45, 2.75) is 52.7 Å². The molecule has 0 aromatic heterocycles. The molecular weight excluding hydrogens is 288 g/mol. The summed E-state index contributed by atoms with van der Waals surface area (Å²) in [5.41, 5.74) is 2.77. The third kappa shape index (κ3) is 4.62. The predicted molar refractivity (Wildman–Crippen MR) is 84.3 cm³/mol. The molecule has 0 heterocycles. The second kappa shape index (κ2) is 6.07. The first kappa shape index (κ1) is 15.5. The second-order valence-corrected chi connectivity index (χ2v) is 7.00. The van der Waals surface area contributed by atoms with Crippen molar-refractivity contribution in [1.29, 1.82) is 0 Å². The lowest BCUT2D eigenvalue weighted by Crippen LogP contribution is -2.36. The van der Waals surface area contributed by atoms with Crippen LogP contribution in [0.2, 0.25) is 0 Å². The van der Waals surface area contributed by atoms with Crippen LogP contribution in [0, 0.1) is 0 Å². The van der Waals surface area contributed by atoms with Gasteiger partial charge in [0.05, 0.1) is 0 Å². The molecule has 1 rings (SSSR count). The fraction of sp³-hybridized carbons (Fsp3) is 0.600. The summed E-state index contributed by atoms with van der Waals surface area (Å²) in [5.74, 6) is 0. The summed E-state index contributed by atoms with van der Waals surface area (Å²) in [4.78, 5) is 2.31. The molecule has 0 atom stereocenters. The van der Waals surface area contributed by atoms with E-state index in [0.717, 1.165) is 11.0 Å². The number of rotatable bonds is 4. The van der Waals surface area contributed by atoms with E-state index < -0.39 is 0 Å². The summed E-state index contributed by atoms with van der Waals surface area (Å²) in [6.07, 6.45) is 0. The second-order valence-electron chi connectivity index (χ2n) is 6.08. The van der Waals surface area contributed by atoms with Gasteiger partial charge < -0.3 is 10.2 Å². The Bertz CT molecular complexity index is 394. The van der Waals surface area contributed by atoms with Crippen molar-refractivity contribution in [3.63, 3.8) is 0 Å². The molecule has 0 aliphatic carbocycles. The molecule has 0 aliphatic heterocycles. The quantitative estimate of drug-likeness (QED) is 0.897. The smallest absolute Gasteiger partial charge is 0.0422 e. The average Bonchev–Trinajstić information content (AvgIpc) is 2.25. The first-order chi connectivity index (χ1) is 8.20. The fourth-order valence-electron chi connectivity index (χ4n) is 1.65. The van der Waals surface area contributed by atoms with Crippen molar-refractivity contribution in [2.24, 2.45) is 0 Å². The van der Waals surface area contributed by atoms with Gasteiger partial charge in [-0.1, -0.05) is 22.0 Å². The Kier molecular flexibility index (Phi) is 5.23. The van der Waals surface area contributed by atoms with Crippen molar-refractivity contribution < 1.29 is 0 Å². The maximum Gasteiger partial charge on any atom is 0.0422 e. The van der Waals surface area contributed by atoms with Crippen LogP contribution >= 0.6 is 15.9 Å². The highest BCUT2D eigenvalue weighted by atomic mass is 79.9. The summed E-state index contributed by atoms with van der Waals surface area (Å²) in [7, 11) is 2.15. The normalized spacial score (nSPS) is 12.0. The molecular formula is C15H25BrN2. The van der Waals surface area contributed by atoms with Crippen LogP contribution < -0.4 is 10.2 Å². The topological polar surface area (TPSA) is 15.3 Å². The summed E-state index contributed by atoms with van der Waals surface area (Å²) in [6.45, 7) is 11.9. The van der Waals surface area contributed by atoms with Crippen molar-refractivity contribution in [3.8, 4) is 0 Å². The van der Waals surface area contributed by atoms with E-state index in [1.54, 1.807) is 0 Å². The van der Waals surface area contributed by atoms with Crippen LogP contribution in [-0.4, -0.2) is 18.6 Å². The van der Waals surface area contributed by atoms with Crippen LogP contribution in [0.25, 0.3) is 0 Å². The van der Waals surface area contributed by atoms with Crippen LogP contribution in [-0.2, 0) is 6.54 Å². The van der Waals surface area contributed by atoms with E-state index >= 15 is 0 Å². The first-order valence-corrected chi connectivity index (χ1v) is 7.26. The van der Waals surface area contributed by atoms with E-state index in [1.807, 2.05) is 0 Å². The molecule has 1 aromatic carbocycles. The Hall–Kier alpha value is -0.540. The molecule has 102 valence electrons. The summed E-state index contributed by atoms with van der Waals surface area (Å²) in [6, 6.07) is 6.99. The molecule has 18 heavy (non-hydrogen) atoms. The molecule has 1 aromatic rings. The standard InChI is InChI=1S/C15H25BrN2/c1-11(2)18(6)14-9-13(16)8-7-12(14)10-17-15(3,4)5/h7-9,11,17H,10H2,1-6H3. The van der Waals surface area contributed by atoms with Crippen molar-refractivity contribution in [2.75, 3.05) is 11.9 Å². The minimum Gasteiger partial charge on any atom is -0.372 e. The van der Waals surface area contributed by atoms with Crippen molar-refractivity contribution >= 4 is 21.6 Å². The van der Waals surface area contributed by atoms with Crippen molar-refractivity contribution in [3.05, 3.63) is 28.2 Å². The Morgan fingerprint density at radius 3 is 2.39 bits per heavy atom. The van der Waals surface area contributed by atoms with Crippen LogP contribution in [0.4, 0.5) is 5.69 Å². The maximum absolute atomic E-state index is 3.56. The number of anilines is 1. The minimum atomic E-state index is 0.140. The summed E-state index contributed by atoms with van der Waals surface area (Å²) >= 11 is 3.56. The van der Waals surface area contributed by atoms with Gasteiger partial charge in [0.2, 0.25) is 0 Å². The Labute approximate surface area is 120 Å². The molecule has 0 radical (unpaired) electrons. The summed E-state index contributed by atoms with van der Waals surface area (Å²) < 4.78 is 1.13. The number of halogens is 1. The lowest BCUT2D eigenvalue weighted by molar-refractivity contribution is 0.424. The Morgan fingerprint density at radius 1 is 1.28 bits per heavy atom. The number of hydrogen-bond donors (Lipinski definition) is 1. The Balaban J connectivity index is 2.96. The summed E-state index contributed by atoms with van der Waals surface area (Å²) in [5, 5.41) is 3.55. The van der Waals surface area contributed by atoms with Gasteiger partial charge in [-0.25, -0.2) is 0 Å². The van der Waals surface area contributed by atoms with Crippen LogP contribution in [0.15, 0.2) is 22.7 Å². The third-order valence-electron chi connectivity index (χ3n) is 3.01. The van der Waals surface area contributed by atoms with Gasteiger partial charge in [-0.05, 0) is 52.3 Å². The van der Waals surface area contributed by atoms with Gasteiger partial charge in [-0.15, -0.1) is 0 Å². The number of benzene rings is 1. The molecule has 0 fully saturated rings. The van der Waals surface area contributed by atoms with E-state index in [2.05, 4.69) is 86.0 Å². The highest BCUT2D eigenvalue weighted by molar-refractivity contribution is 9.10. The number of nitrogens with zero attached hydrogens (tertiary/aromatic N) is 1. The largest absolute Gasteiger partial charge is 0.372 e. The van der Waals surface area contributed by atoms with Gasteiger partial charge in [-0.2, -0.15) is 0 Å². The van der Waals surface area contributed by atoms with Gasteiger partial charge in [0, 0.05) is 35.3 Å². The molecule has 0 aliphatic rings. The van der Waals surface area contributed by atoms with E-state index in [4.69, 9.17) is 0 Å². The van der Waals surface area contributed by atoms with E-state index in [1.165, 1.54) is 11.3 Å². The minimum absolute atomic E-state index is 0.140. The van der Waals surface area contributed by atoms with Crippen LogP contribution in [0.3, 0.4) is 0 Å². The molecule has 3 heteroatoms. The number of nitrogens with one attached hydrogen (secondary N) is 1. The first-order valence-electron chi connectivity index (χ1n) is 6.47.